The Bertz CT molecular complexity index is 583. The summed E-state index contributed by atoms with van der Waals surface area (Å²) < 4.78 is 3.80. The van der Waals surface area contributed by atoms with Crippen LogP contribution in [-0.2, 0) is 0 Å². The van der Waals surface area contributed by atoms with Crippen LogP contribution in [0.1, 0.15) is 15.2 Å². The Morgan fingerprint density at radius 2 is 2.18 bits per heavy atom. The van der Waals surface area contributed by atoms with Gasteiger partial charge in [-0.3, -0.25) is 14.9 Å². The quantitative estimate of drug-likeness (QED) is 0.487. The van der Waals surface area contributed by atoms with Gasteiger partial charge in [-0.05, 0) is 23.7 Å². The Morgan fingerprint density at radius 1 is 1.41 bits per heavy atom. The molecule has 0 aliphatic heterocycles. The minimum absolute atomic E-state index is 0.116. The average Bonchev–Trinajstić information content (AvgIpc) is 2.81. The Morgan fingerprint density at radius 3 is 2.76 bits per heavy atom. The molecule has 2 aromatic rings. The molecule has 0 bridgehead atoms. The highest BCUT2D eigenvalue weighted by molar-refractivity contribution is 7.08. The Balaban J connectivity index is 2.48. The number of rotatable bonds is 3. The number of hydrogen-bond acceptors (Lipinski definition) is 5. The third kappa shape index (κ3) is 2.32. The maximum Gasteiger partial charge on any atom is 0.270 e. The van der Waals surface area contributed by atoms with Crippen LogP contribution in [0, 0.1) is 10.1 Å². The number of ketones is 1. The number of nitrogens with zero attached hydrogens (tertiary/aromatic N) is 2. The molecule has 1 aromatic carbocycles. The molecule has 0 amide bonds. The first-order valence-corrected chi connectivity index (χ1v) is 5.64. The summed E-state index contributed by atoms with van der Waals surface area (Å²) in [5.74, 6) is -0.360. The van der Waals surface area contributed by atoms with Crippen LogP contribution in [0.3, 0.4) is 0 Å². The lowest BCUT2D eigenvalue weighted by atomic mass is 10.1. The monoisotopic (exact) mass is 268 g/mol. The van der Waals surface area contributed by atoms with Crippen LogP contribution < -0.4 is 0 Å². The first-order chi connectivity index (χ1) is 8.09. The van der Waals surface area contributed by atoms with E-state index in [4.69, 9.17) is 11.6 Å². The highest BCUT2D eigenvalue weighted by Crippen LogP contribution is 2.25. The molecule has 5 nitrogen and oxygen atoms in total. The third-order valence-electron chi connectivity index (χ3n) is 2.07. The molecule has 0 spiro atoms. The standard InChI is InChI=1S/C10H5ClN2O3S/c11-8-2-1-6(13(15)16)5-7(8)10(14)9-3-4-12-17-9/h1-5H. The van der Waals surface area contributed by atoms with Gasteiger partial charge in [0.2, 0.25) is 5.78 Å². The normalized spacial score (nSPS) is 10.2. The molecule has 0 fully saturated rings. The number of nitro benzene ring substituents is 1. The number of carbonyl (C=O) groups is 1. The second kappa shape index (κ2) is 4.60. The number of nitro groups is 1. The van der Waals surface area contributed by atoms with Crippen molar-refractivity contribution in [3.63, 3.8) is 0 Å². The van der Waals surface area contributed by atoms with E-state index in [-0.39, 0.29) is 22.1 Å². The number of halogens is 1. The summed E-state index contributed by atoms with van der Waals surface area (Å²) in [6.07, 6.45) is 1.49. The average molecular weight is 269 g/mol. The summed E-state index contributed by atoms with van der Waals surface area (Å²) in [6, 6.07) is 5.31. The number of hydrogen-bond donors (Lipinski definition) is 0. The Kier molecular flexibility index (Phi) is 3.16. The van der Waals surface area contributed by atoms with E-state index in [1.54, 1.807) is 6.07 Å². The highest BCUT2D eigenvalue weighted by Gasteiger charge is 2.18. The molecule has 0 N–H and O–H groups in total. The van der Waals surface area contributed by atoms with Gasteiger partial charge in [0.05, 0.1) is 14.8 Å². The molecule has 0 aliphatic carbocycles. The van der Waals surface area contributed by atoms with Gasteiger partial charge >= 0.3 is 0 Å². The topological polar surface area (TPSA) is 73.1 Å². The zero-order valence-electron chi connectivity index (χ0n) is 8.29. The minimum Gasteiger partial charge on any atom is -0.288 e. The van der Waals surface area contributed by atoms with E-state index in [0.717, 1.165) is 11.5 Å². The van der Waals surface area contributed by atoms with Crippen molar-refractivity contribution in [1.82, 2.24) is 4.37 Å². The van der Waals surface area contributed by atoms with Crippen LogP contribution in [0.15, 0.2) is 30.5 Å². The minimum atomic E-state index is -0.570. The fraction of sp³-hybridized carbons (Fsp3) is 0. The summed E-state index contributed by atoms with van der Waals surface area (Å²) >= 11 is 6.87. The summed E-state index contributed by atoms with van der Waals surface area (Å²) in [4.78, 5) is 22.4. The molecule has 17 heavy (non-hydrogen) atoms. The van der Waals surface area contributed by atoms with E-state index in [0.29, 0.717) is 4.88 Å². The predicted molar refractivity (Wildman–Crippen MR) is 63.7 cm³/mol. The molecule has 0 radical (unpaired) electrons. The Hall–Kier alpha value is -1.79. The van der Waals surface area contributed by atoms with Crippen molar-refractivity contribution in [3.05, 3.63) is 56.0 Å². The lowest BCUT2D eigenvalue weighted by Crippen LogP contribution is -2.01. The van der Waals surface area contributed by atoms with Crippen molar-refractivity contribution in [2.45, 2.75) is 0 Å². The fourth-order valence-corrected chi connectivity index (χ4v) is 2.02. The first kappa shape index (κ1) is 11.7. The SMILES string of the molecule is O=C(c1ccns1)c1cc([N+](=O)[O-])ccc1Cl. The molecule has 0 saturated carbocycles. The first-order valence-electron chi connectivity index (χ1n) is 4.49. The zero-order chi connectivity index (χ0) is 12.4. The molecular formula is C10H5ClN2O3S. The van der Waals surface area contributed by atoms with Crippen LogP contribution >= 0.6 is 23.1 Å². The van der Waals surface area contributed by atoms with E-state index in [9.17, 15) is 14.9 Å². The molecule has 7 heteroatoms. The molecule has 0 aliphatic rings. The summed E-state index contributed by atoms with van der Waals surface area (Å²) in [5, 5.41) is 10.8. The van der Waals surface area contributed by atoms with Gasteiger partial charge in [0.25, 0.3) is 5.69 Å². The molecular weight excluding hydrogens is 264 g/mol. The van der Waals surface area contributed by atoms with E-state index in [1.165, 1.54) is 24.4 Å². The smallest absolute Gasteiger partial charge is 0.270 e. The summed E-state index contributed by atoms with van der Waals surface area (Å²) in [5.41, 5.74) is -0.0487. The van der Waals surface area contributed by atoms with Crippen LogP contribution in [0.5, 0.6) is 0 Å². The van der Waals surface area contributed by atoms with Crippen LogP contribution in [0.25, 0.3) is 0 Å². The number of non-ortho nitro benzene ring substituents is 1. The van der Waals surface area contributed by atoms with Gasteiger partial charge in [0, 0.05) is 23.9 Å². The van der Waals surface area contributed by atoms with Crippen LogP contribution in [0.4, 0.5) is 5.69 Å². The van der Waals surface area contributed by atoms with Gasteiger partial charge in [-0.1, -0.05) is 11.6 Å². The van der Waals surface area contributed by atoms with Crippen LogP contribution in [0.2, 0.25) is 5.02 Å². The summed E-state index contributed by atoms with van der Waals surface area (Å²) in [6.45, 7) is 0. The lowest BCUT2D eigenvalue weighted by Gasteiger charge is -2.00. The molecule has 86 valence electrons. The molecule has 1 heterocycles. The van der Waals surface area contributed by atoms with Crippen molar-refractivity contribution in [2.75, 3.05) is 0 Å². The third-order valence-corrected chi connectivity index (χ3v) is 3.14. The van der Waals surface area contributed by atoms with Crippen molar-refractivity contribution in [1.29, 1.82) is 0 Å². The lowest BCUT2D eigenvalue weighted by molar-refractivity contribution is -0.384. The summed E-state index contributed by atoms with van der Waals surface area (Å²) in [7, 11) is 0. The van der Waals surface area contributed by atoms with Gasteiger partial charge in [-0.25, -0.2) is 4.37 Å². The second-order valence-corrected chi connectivity index (χ2v) is 4.37. The van der Waals surface area contributed by atoms with Crippen molar-refractivity contribution < 1.29 is 9.72 Å². The molecule has 0 atom stereocenters. The molecule has 0 saturated heterocycles. The molecule has 1 aromatic heterocycles. The number of aromatic nitrogens is 1. The Labute approximate surface area is 105 Å². The van der Waals surface area contributed by atoms with E-state index in [1.807, 2.05) is 0 Å². The van der Waals surface area contributed by atoms with Crippen molar-refractivity contribution in [2.24, 2.45) is 0 Å². The van der Waals surface area contributed by atoms with E-state index in [2.05, 4.69) is 4.37 Å². The van der Waals surface area contributed by atoms with E-state index < -0.39 is 4.92 Å². The highest BCUT2D eigenvalue weighted by atomic mass is 35.5. The van der Waals surface area contributed by atoms with Gasteiger partial charge in [-0.15, -0.1) is 0 Å². The van der Waals surface area contributed by atoms with Gasteiger partial charge in [-0.2, -0.15) is 0 Å². The van der Waals surface area contributed by atoms with Crippen molar-refractivity contribution >= 4 is 34.6 Å². The number of benzene rings is 1. The van der Waals surface area contributed by atoms with Gasteiger partial charge in [0.15, 0.2) is 0 Å². The maximum absolute atomic E-state index is 12.0. The van der Waals surface area contributed by atoms with Gasteiger partial charge in [0.1, 0.15) is 0 Å². The molecule has 2 rings (SSSR count). The fourth-order valence-electron chi connectivity index (χ4n) is 1.27. The largest absolute Gasteiger partial charge is 0.288 e. The second-order valence-electron chi connectivity index (χ2n) is 3.13. The van der Waals surface area contributed by atoms with Gasteiger partial charge < -0.3 is 0 Å². The molecule has 0 unspecified atom stereocenters. The maximum atomic E-state index is 12.0. The van der Waals surface area contributed by atoms with Crippen molar-refractivity contribution in [3.8, 4) is 0 Å². The van der Waals surface area contributed by atoms with Crippen LogP contribution in [-0.4, -0.2) is 15.1 Å². The zero-order valence-corrected chi connectivity index (χ0v) is 9.86. The van der Waals surface area contributed by atoms with E-state index >= 15 is 0 Å². The predicted octanol–water partition coefficient (Wildman–Crippen LogP) is 2.94. The number of carbonyl (C=O) groups excluding carboxylic acids is 1.